The zero-order valence-electron chi connectivity index (χ0n) is 13.5. The van der Waals surface area contributed by atoms with Gasteiger partial charge in [0, 0.05) is 18.7 Å². The van der Waals surface area contributed by atoms with Crippen molar-refractivity contribution >= 4 is 0 Å². The minimum absolute atomic E-state index is 0.283. The molecule has 0 unspecified atom stereocenters. The van der Waals surface area contributed by atoms with Crippen LogP contribution in [-0.4, -0.2) is 27.1 Å². The van der Waals surface area contributed by atoms with Crippen LogP contribution in [0.1, 0.15) is 11.1 Å². The van der Waals surface area contributed by atoms with Crippen LogP contribution in [0.5, 0.6) is 28.7 Å². The topological polar surface area (TPSA) is 58.2 Å². The van der Waals surface area contributed by atoms with Crippen LogP contribution in [0.3, 0.4) is 0 Å². The van der Waals surface area contributed by atoms with E-state index in [2.05, 4.69) is 5.32 Å². The Balaban J connectivity index is 1.46. The fraction of sp³-hybridized carbons (Fsp3) is 0.333. The maximum Gasteiger partial charge on any atom is 0.231 e. The lowest BCUT2D eigenvalue weighted by atomic mass is 10.1. The van der Waals surface area contributed by atoms with Crippen LogP contribution in [0.15, 0.2) is 30.3 Å². The molecular weight excluding hydrogens is 310 g/mol. The number of para-hydroxylation sites is 1. The van der Waals surface area contributed by atoms with Gasteiger partial charge in [-0.25, -0.2) is 0 Å². The lowest BCUT2D eigenvalue weighted by Gasteiger charge is -2.21. The Hall–Kier alpha value is -2.60. The van der Waals surface area contributed by atoms with Gasteiger partial charge in [0.2, 0.25) is 12.5 Å². The normalized spacial score (nSPS) is 14.5. The molecule has 24 heavy (non-hydrogen) atoms. The Morgan fingerprint density at radius 1 is 0.958 bits per heavy atom. The molecule has 0 spiro atoms. The number of fused-ring (bicyclic) bond motifs is 2. The molecule has 2 aliphatic rings. The van der Waals surface area contributed by atoms with Gasteiger partial charge in [0.25, 0.3) is 0 Å². The van der Waals surface area contributed by atoms with Gasteiger partial charge in [-0.2, -0.15) is 0 Å². The molecule has 1 N–H and O–H groups in total. The molecule has 2 aliphatic heterocycles. The summed E-state index contributed by atoms with van der Waals surface area (Å²) in [6.07, 6.45) is 0. The number of ether oxygens (including phenoxy) is 5. The SMILES string of the molecule is COc1cc(CNCc2cccc3c2OCO3)cc2c1OCCO2. The molecule has 2 heterocycles. The smallest absolute Gasteiger partial charge is 0.231 e. The average Bonchev–Trinajstić information content (AvgIpc) is 3.10. The van der Waals surface area contributed by atoms with Crippen molar-refractivity contribution in [1.82, 2.24) is 5.32 Å². The molecule has 6 nitrogen and oxygen atoms in total. The van der Waals surface area contributed by atoms with Gasteiger partial charge in [-0.1, -0.05) is 12.1 Å². The summed E-state index contributed by atoms with van der Waals surface area (Å²) in [6, 6.07) is 9.87. The Morgan fingerprint density at radius 3 is 2.79 bits per heavy atom. The van der Waals surface area contributed by atoms with Gasteiger partial charge in [0.05, 0.1) is 7.11 Å². The molecule has 0 saturated heterocycles. The first-order valence-corrected chi connectivity index (χ1v) is 7.90. The van der Waals surface area contributed by atoms with Crippen LogP contribution in [0.4, 0.5) is 0 Å². The minimum Gasteiger partial charge on any atom is -0.493 e. The lowest BCUT2D eigenvalue weighted by Crippen LogP contribution is -2.17. The number of hydrogen-bond donors (Lipinski definition) is 1. The first-order valence-electron chi connectivity index (χ1n) is 7.90. The van der Waals surface area contributed by atoms with Crippen molar-refractivity contribution < 1.29 is 23.7 Å². The van der Waals surface area contributed by atoms with E-state index in [-0.39, 0.29) is 6.79 Å². The molecule has 0 radical (unpaired) electrons. The lowest BCUT2D eigenvalue weighted by molar-refractivity contribution is 0.165. The standard InChI is InChI=1S/C18H19NO5/c1-20-15-7-12(8-16-18(15)22-6-5-21-16)9-19-10-13-3-2-4-14-17(13)24-11-23-14/h2-4,7-8,19H,5-6,9-11H2,1H3. The van der Waals surface area contributed by atoms with E-state index in [1.807, 2.05) is 30.3 Å². The van der Waals surface area contributed by atoms with Gasteiger partial charge in [0.1, 0.15) is 13.2 Å². The largest absolute Gasteiger partial charge is 0.493 e. The highest BCUT2D eigenvalue weighted by Gasteiger charge is 2.19. The van der Waals surface area contributed by atoms with Gasteiger partial charge >= 0.3 is 0 Å². The molecule has 0 aromatic heterocycles. The Kier molecular flexibility index (Phi) is 4.04. The van der Waals surface area contributed by atoms with Crippen molar-refractivity contribution in [3.05, 3.63) is 41.5 Å². The monoisotopic (exact) mass is 329 g/mol. The third-order valence-electron chi connectivity index (χ3n) is 4.01. The number of hydrogen-bond acceptors (Lipinski definition) is 6. The number of methoxy groups -OCH3 is 1. The molecule has 0 amide bonds. The zero-order valence-corrected chi connectivity index (χ0v) is 13.5. The van der Waals surface area contributed by atoms with Crippen molar-refractivity contribution in [3.63, 3.8) is 0 Å². The van der Waals surface area contributed by atoms with E-state index in [1.165, 1.54) is 0 Å². The Labute approximate surface area is 140 Å². The van der Waals surface area contributed by atoms with E-state index in [1.54, 1.807) is 7.11 Å². The first kappa shape index (κ1) is 15.0. The second-order valence-corrected chi connectivity index (χ2v) is 5.58. The third kappa shape index (κ3) is 2.80. The Bertz CT molecular complexity index is 729. The van der Waals surface area contributed by atoms with Crippen LogP contribution in [0.25, 0.3) is 0 Å². The first-order chi connectivity index (χ1) is 11.8. The molecule has 0 aliphatic carbocycles. The molecule has 4 rings (SSSR count). The third-order valence-corrected chi connectivity index (χ3v) is 4.01. The summed E-state index contributed by atoms with van der Waals surface area (Å²) >= 11 is 0. The molecule has 0 fully saturated rings. The molecule has 2 aromatic carbocycles. The van der Waals surface area contributed by atoms with E-state index in [0.717, 1.165) is 28.4 Å². The second-order valence-electron chi connectivity index (χ2n) is 5.58. The summed E-state index contributed by atoms with van der Waals surface area (Å²) in [5, 5.41) is 3.42. The average molecular weight is 329 g/mol. The van der Waals surface area contributed by atoms with Crippen molar-refractivity contribution in [3.8, 4) is 28.7 Å². The maximum absolute atomic E-state index is 5.66. The van der Waals surface area contributed by atoms with Gasteiger partial charge in [-0.3, -0.25) is 0 Å². The fourth-order valence-electron chi connectivity index (χ4n) is 2.90. The van der Waals surface area contributed by atoms with Crippen LogP contribution < -0.4 is 29.0 Å². The number of rotatable bonds is 5. The molecule has 0 atom stereocenters. The van der Waals surface area contributed by atoms with Gasteiger partial charge in [0.15, 0.2) is 23.0 Å². The van der Waals surface area contributed by atoms with Crippen LogP contribution in [0, 0.1) is 0 Å². The summed E-state index contributed by atoms with van der Waals surface area (Å²) in [6.45, 7) is 2.75. The summed E-state index contributed by atoms with van der Waals surface area (Å²) < 4.78 is 27.6. The van der Waals surface area contributed by atoms with Gasteiger partial charge < -0.3 is 29.0 Å². The summed E-state index contributed by atoms with van der Waals surface area (Å²) in [4.78, 5) is 0. The van der Waals surface area contributed by atoms with Crippen molar-refractivity contribution in [2.45, 2.75) is 13.1 Å². The van der Waals surface area contributed by atoms with Crippen LogP contribution in [0.2, 0.25) is 0 Å². The highest BCUT2D eigenvalue weighted by atomic mass is 16.7. The molecule has 6 heteroatoms. The Morgan fingerprint density at radius 2 is 1.88 bits per heavy atom. The van der Waals surface area contributed by atoms with Crippen molar-refractivity contribution in [2.24, 2.45) is 0 Å². The molecule has 126 valence electrons. The zero-order chi connectivity index (χ0) is 16.4. The summed E-state index contributed by atoms with van der Waals surface area (Å²) in [7, 11) is 1.63. The van der Waals surface area contributed by atoms with E-state index >= 15 is 0 Å². The van der Waals surface area contributed by atoms with E-state index in [4.69, 9.17) is 23.7 Å². The van der Waals surface area contributed by atoms with E-state index in [0.29, 0.717) is 37.8 Å². The van der Waals surface area contributed by atoms with E-state index < -0.39 is 0 Å². The molecule has 0 saturated carbocycles. The number of nitrogens with one attached hydrogen (secondary N) is 1. The predicted octanol–water partition coefficient (Wildman–Crippen LogP) is 2.48. The van der Waals surface area contributed by atoms with Crippen molar-refractivity contribution in [2.75, 3.05) is 27.1 Å². The van der Waals surface area contributed by atoms with E-state index in [9.17, 15) is 0 Å². The van der Waals surface area contributed by atoms with Crippen LogP contribution in [-0.2, 0) is 13.1 Å². The molecule has 0 bridgehead atoms. The maximum atomic E-state index is 5.66. The van der Waals surface area contributed by atoms with Crippen molar-refractivity contribution in [1.29, 1.82) is 0 Å². The van der Waals surface area contributed by atoms with Crippen LogP contribution >= 0.6 is 0 Å². The fourth-order valence-corrected chi connectivity index (χ4v) is 2.90. The molecular formula is C18H19NO5. The van der Waals surface area contributed by atoms with Gasteiger partial charge in [-0.15, -0.1) is 0 Å². The highest BCUT2D eigenvalue weighted by Crippen LogP contribution is 2.40. The quantitative estimate of drug-likeness (QED) is 0.909. The minimum atomic E-state index is 0.283. The number of benzene rings is 2. The second kappa shape index (κ2) is 6.49. The summed E-state index contributed by atoms with van der Waals surface area (Å²) in [5.74, 6) is 3.73. The summed E-state index contributed by atoms with van der Waals surface area (Å²) in [5.41, 5.74) is 2.15. The highest BCUT2D eigenvalue weighted by molar-refractivity contribution is 5.54. The predicted molar refractivity (Wildman–Crippen MR) is 87.1 cm³/mol. The van der Waals surface area contributed by atoms with Gasteiger partial charge in [-0.05, 0) is 23.8 Å². The molecule has 2 aromatic rings.